The van der Waals surface area contributed by atoms with E-state index in [9.17, 15) is 0 Å². The quantitative estimate of drug-likeness (QED) is 0.226. The van der Waals surface area contributed by atoms with Gasteiger partial charge < -0.3 is 21.2 Å². The Hall–Kier alpha value is -1.30. The third kappa shape index (κ3) is 5.91. The van der Waals surface area contributed by atoms with Gasteiger partial charge in [0.25, 0.3) is 0 Å². The molecule has 0 amide bonds. The monoisotopic (exact) mass is 312 g/mol. The number of oxime groups is 1. The van der Waals surface area contributed by atoms with Crippen molar-refractivity contribution in [3.05, 3.63) is 34.3 Å². The molecule has 0 aromatic heterocycles. The first-order chi connectivity index (χ1) is 9.95. The van der Waals surface area contributed by atoms with Crippen molar-refractivity contribution in [2.75, 3.05) is 20.1 Å². The van der Waals surface area contributed by atoms with Crippen LogP contribution >= 0.6 is 11.6 Å². The molecule has 0 aliphatic carbocycles. The highest BCUT2D eigenvalue weighted by molar-refractivity contribution is 6.31. The maximum Gasteiger partial charge on any atom is 0.170 e. The largest absolute Gasteiger partial charge is 0.409 e. The molecular weight excluding hydrogens is 288 g/mol. The fraction of sp³-hybridized carbons (Fsp3) is 0.533. The van der Waals surface area contributed by atoms with Crippen molar-refractivity contribution in [3.8, 4) is 0 Å². The summed E-state index contributed by atoms with van der Waals surface area (Å²) in [5, 5.41) is 15.6. The van der Waals surface area contributed by atoms with Crippen molar-refractivity contribution in [3.63, 3.8) is 0 Å². The van der Waals surface area contributed by atoms with E-state index >= 15 is 0 Å². The molecule has 0 radical (unpaired) electrons. The lowest BCUT2D eigenvalue weighted by molar-refractivity contribution is 0.269. The molecule has 0 spiro atoms. The zero-order chi connectivity index (χ0) is 15.8. The predicted octanol–water partition coefficient (Wildman–Crippen LogP) is 2.25. The summed E-state index contributed by atoms with van der Waals surface area (Å²) in [6.07, 6.45) is 1.09. The van der Waals surface area contributed by atoms with Gasteiger partial charge >= 0.3 is 0 Å². The van der Waals surface area contributed by atoms with E-state index in [2.05, 4.69) is 36.3 Å². The van der Waals surface area contributed by atoms with Gasteiger partial charge in [-0.1, -0.05) is 28.9 Å². The van der Waals surface area contributed by atoms with Crippen molar-refractivity contribution in [2.45, 2.75) is 32.9 Å². The number of amidine groups is 1. The molecule has 0 heterocycles. The second kappa shape index (κ2) is 8.87. The number of benzene rings is 1. The molecule has 21 heavy (non-hydrogen) atoms. The van der Waals surface area contributed by atoms with Gasteiger partial charge in [-0.15, -0.1) is 0 Å². The molecule has 1 aromatic carbocycles. The Kier molecular flexibility index (Phi) is 7.50. The number of hydrogen-bond acceptors (Lipinski definition) is 4. The average molecular weight is 313 g/mol. The molecule has 1 rings (SSSR count). The lowest BCUT2D eigenvalue weighted by Gasteiger charge is -2.20. The molecule has 0 aliphatic rings. The summed E-state index contributed by atoms with van der Waals surface area (Å²) in [5.41, 5.74) is 7.15. The van der Waals surface area contributed by atoms with Gasteiger partial charge in [-0.05, 0) is 52.0 Å². The second-order valence-electron chi connectivity index (χ2n) is 5.40. The Balaban J connectivity index is 2.39. The zero-order valence-corrected chi connectivity index (χ0v) is 13.7. The minimum Gasteiger partial charge on any atom is -0.409 e. The van der Waals surface area contributed by atoms with Crippen LogP contribution < -0.4 is 11.1 Å². The Morgan fingerprint density at radius 2 is 2.19 bits per heavy atom. The number of nitrogens with zero attached hydrogens (tertiary/aromatic N) is 2. The predicted molar refractivity (Wildman–Crippen MR) is 88.1 cm³/mol. The van der Waals surface area contributed by atoms with Crippen LogP contribution in [0.2, 0.25) is 5.02 Å². The van der Waals surface area contributed by atoms with E-state index in [0.717, 1.165) is 25.1 Å². The summed E-state index contributed by atoms with van der Waals surface area (Å²) < 4.78 is 0. The molecule has 0 fully saturated rings. The van der Waals surface area contributed by atoms with Gasteiger partial charge in [0, 0.05) is 23.2 Å². The molecule has 1 aromatic rings. The maximum absolute atomic E-state index is 8.64. The minimum atomic E-state index is 0.0631. The summed E-state index contributed by atoms with van der Waals surface area (Å²) in [7, 11) is 2.13. The van der Waals surface area contributed by atoms with Crippen LogP contribution in [0.1, 0.15) is 31.4 Å². The van der Waals surface area contributed by atoms with Crippen LogP contribution in [0.3, 0.4) is 0 Å². The molecule has 6 heteroatoms. The lowest BCUT2D eigenvalue weighted by Crippen LogP contribution is -2.29. The third-order valence-electron chi connectivity index (χ3n) is 3.52. The van der Waals surface area contributed by atoms with E-state index in [-0.39, 0.29) is 5.84 Å². The van der Waals surface area contributed by atoms with Gasteiger partial charge in [0.05, 0.1) is 0 Å². The van der Waals surface area contributed by atoms with Crippen LogP contribution in [0.15, 0.2) is 23.4 Å². The Bertz CT molecular complexity index is 477. The number of nitrogens with two attached hydrogens (primary N) is 1. The summed E-state index contributed by atoms with van der Waals surface area (Å²) in [5.74, 6) is 0.0631. The molecule has 4 N–H and O–H groups in total. The maximum atomic E-state index is 8.64. The Morgan fingerprint density at radius 3 is 2.76 bits per heavy atom. The van der Waals surface area contributed by atoms with E-state index in [0.29, 0.717) is 23.2 Å². The number of nitrogens with one attached hydrogen (secondary N) is 1. The van der Waals surface area contributed by atoms with Crippen molar-refractivity contribution in [1.29, 1.82) is 0 Å². The molecule has 5 nitrogen and oxygen atoms in total. The Morgan fingerprint density at radius 1 is 1.48 bits per heavy atom. The fourth-order valence-electron chi connectivity index (χ4n) is 1.84. The van der Waals surface area contributed by atoms with Gasteiger partial charge in [0.2, 0.25) is 0 Å². The smallest absolute Gasteiger partial charge is 0.170 e. The van der Waals surface area contributed by atoms with Crippen LogP contribution in [0.4, 0.5) is 0 Å². The van der Waals surface area contributed by atoms with Crippen molar-refractivity contribution in [1.82, 2.24) is 10.2 Å². The average Bonchev–Trinajstić information content (AvgIpc) is 2.47. The number of hydrogen-bond donors (Lipinski definition) is 3. The lowest BCUT2D eigenvalue weighted by atomic mass is 10.1. The molecule has 0 bridgehead atoms. The summed E-state index contributed by atoms with van der Waals surface area (Å²) >= 11 is 6.19. The first-order valence-corrected chi connectivity index (χ1v) is 7.50. The van der Waals surface area contributed by atoms with E-state index in [1.807, 2.05) is 6.07 Å². The first kappa shape index (κ1) is 17.8. The van der Waals surface area contributed by atoms with Crippen LogP contribution in [0.25, 0.3) is 0 Å². The van der Waals surface area contributed by atoms with Gasteiger partial charge in [0.15, 0.2) is 5.84 Å². The van der Waals surface area contributed by atoms with E-state index in [1.54, 1.807) is 12.1 Å². The molecular formula is C15H25ClN4O. The summed E-state index contributed by atoms with van der Waals surface area (Å²) in [6.45, 7) is 7.10. The minimum absolute atomic E-state index is 0.0631. The Labute approximate surface area is 131 Å². The normalized spacial score (nSPS) is 12.4. The molecule has 0 atom stereocenters. The van der Waals surface area contributed by atoms with E-state index in [4.69, 9.17) is 22.5 Å². The van der Waals surface area contributed by atoms with Crippen LogP contribution in [-0.4, -0.2) is 42.1 Å². The number of rotatable bonds is 8. The van der Waals surface area contributed by atoms with Gasteiger partial charge in [-0.2, -0.15) is 0 Å². The van der Waals surface area contributed by atoms with Crippen molar-refractivity contribution in [2.24, 2.45) is 10.9 Å². The third-order valence-corrected chi connectivity index (χ3v) is 3.87. The molecule has 118 valence electrons. The molecule has 0 unspecified atom stereocenters. The SMILES string of the molecule is CC(C)N(C)CCCNCc1ccc(/C(N)=N/O)cc1Cl. The van der Waals surface area contributed by atoms with E-state index in [1.165, 1.54) is 0 Å². The number of halogens is 1. The van der Waals surface area contributed by atoms with Crippen LogP contribution in [0.5, 0.6) is 0 Å². The van der Waals surface area contributed by atoms with Gasteiger partial charge in [0.1, 0.15) is 0 Å². The van der Waals surface area contributed by atoms with Crippen LogP contribution in [-0.2, 0) is 6.54 Å². The highest BCUT2D eigenvalue weighted by Gasteiger charge is 2.05. The highest BCUT2D eigenvalue weighted by atomic mass is 35.5. The summed E-state index contributed by atoms with van der Waals surface area (Å²) in [4.78, 5) is 2.32. The standard InChI is InChI=1S/C15H25ClN4O/c1-11(2)20(3)8-4-7-18-10-13-6-5-12(9-14(13)16)15(17)19-21/h5-6,9,11,18,21H,4,7-8,10H2,1-3H3,(H2,17,19). The fourth-order valence-corrected chi connectivity index (χ4v) is 2.09. The van der Waals surface area contributed by atoms with E-state index < -0.39 is 0 Å². The second-order valence-corrected chi connectivity index (χ2v) is 5.80. The molecule has 0 saturated heterocycles. The van der Waals surface area contributed by atoms with Crippen LogP contribution in [0, 0.1) is 0 Å². The van der Waals surface area contributed by atoms with Gasteiger partial charge in [-0.3, -0.25) is 0 Å². The summed E-state index contributed by atoms with van der Waals surface area (Å²) in [6, 6.07) is 5.97. The zero-order valence-electron chi connectivity index (χ0n) is 12.9. The van der Waals surface area contributed by atoms with Crippen molar-refractivity contribution < 1.29 is 5.21 Å². The highest BCUT2D eigenvalue weighted by Crippen LogP contribution is 2.17. The first-order valence-electron chi connectivity index (χ1n) is 7.13. The molecule has 0 aliphatic heterocycles. The van der Waals surface area contributed by atoms with Crippen molar-refractivity contribution >= 4 is 17.4 Å². The topological polar surface area (TPSA) is 73.9 Å². The van der Waals surface area contributed by atoms with Gasteiger partial charge in [-0.25, -0.2) is 0 Å². The molecule has 0 saturated carbocycles.